The van der Waals surface area contributed by atoms with Gasteiger partial charge in [-0.2, -0.15) is 0 Å². The Hall–Kier alpha value is -1.06. The van der Waals surface area contributed by atoms with Crippen LogP contribution in [0.25, 0.3) is 0 Å². The van der Waals surface area contributed by atoms with Gasteiger partial charge in [-0.05, 0) is 5.92 Å². The van der Waals surface area contributed by atoms with E-state index in [2.05, 4.69) is 5.32 Å². The van der Waals surface area contributed by atoms with Crippen molar-refractivity contribution < 1.29 is 14.7 Å². The van der Waals surface area contributed by atoms with Gasteiger partial charge in [-0.1, -0.05) is 20.8 Å². The van der Waals surface area contributed by atoms with Gasteiger partial charge in [-0.3, -0.25) is 9.59 Å². The summed E-state index contributed by atoms with van der Waals surface area (Å²) < 4.78 is 0. The third-order valence-corrected chi connectivity index (χ3v) is 1.83. The van der Waals surface area contributed by atoms with Crippen LogP contribution in [0.2, 0.25) is 0 Å². The van der Waals surface area contributed by atoms with Gasteiger partial charge in [0.2, 0.25) is 5.91 Å². The van der Waals surface area contributed by atoms with E-state index >= 15 is 0 Å². The minimum atomic E-state index is -1.01. The Morgan fingerprint density at radius 2 is 1.83 bits per heavy atom. The summed E-state index contributed by atoms with van der Waals surface area (Å²) in [5, 5.41) is 10.6. The van der Waals surface area contributed by atoms with E-state index in [-0.39, 0.29) is 24.3 Å². The maximum Gasteiger partial charge on any atom is 0.322 e. The third kappa shape index (κ3) is 3.95. The summed E-state index contributed by atoms with van der Waals surface area (Å²) in [4.78, 5) is 21.2. The van der Waals surface area contributed by atoms with Crippen molar-refractivity contribution in [1.29, 1.82) is 0 Å². The van der Waals surface area contributed by atoms with E-state index in [1.807, 2.05) is 13.8 Å². The van der Waals surface area contributed by atoms with Gasteiger partial charge in [-0.25, -0.2) is 0 Å². The smallest absolute Gasteiger partial charge is 0.322 e. The molecule has 0 aromatic heterocycles. The minimum absolute atomic E-state index is 0.135. The Morgan fingerprint density at radius 3 is 2.17 bits per heavy atom. The lowest BCUT2D eigenvalue weighted by Gasteiger charge is -2.13. The van der Waals surface area contributed by atoms with Crippen LogP contribution in [-0.2, 0) is 9.59 Å². The summed E-state index contributed by atoms with van der Waals surface area (Å²) in [5.74, 6) is -1.12. The first-order valence-electron chi connectivity index (χ1n) is 3.94. The highest BCUT2D eigenvalue weighted by Gasteiger charge is 2.16. The summed E-state index contributed by atoms with van der Waals surface area (Å²) in [6.07, 6.45) is 0. The number of nitrogens with one attached hydrogen (secondary N) is 1. The Morgan fingerprint density at radius 1 is 1.33 bits per heavy atom. The lowest BCUT2D eigenvalue weighted by atomic mass is 9.97. The first-order chi connectivity index (χ1) is 5.45. The van der Waals surface area contributed by atoms with Crippen LogP contribution >= 0.6 is 0 Å². The molecule has 70 valence electrons. The Kier molecular flexibility index (Phi) is 4.33. The predicted octanol–water partition coefficient (Wildman–Crippen LogP) is 0.479. The van der Waals surface area contributed by atoms with Crippen LogP contribution in [-0.4, -0.2) is 23.5 Å². The van der Waals surface area contributed by atoms with Crippen molar-refractivity contribution in [3.05, 3.63) is 0 Å². The van der Waals surface area contributed by atoms with Gasteiger partial charge in [0.25, 0.3) is 0 Å². The molecule has 0 aliphatic rings. The topological polar surface area (TPSA) is 66.4 Å². The largest absolute Gasteiger partial charge is 0.480 e. The number of carbonyl (C=O) groups is 2. The molecule has 1 amide bonds. The second kappa shape index (κ2) is 4.74. The van der Waals surface area contributed by atoms with Crippen LogP contribution in [0.15, 0.2) is 0 Å². The predicted molar refractivity (Wildman–Crippen MR) is 44.6 cm³/mol. The van der Waals surface area contributed by atoms with Crippen LogP contribution in [0.1, 0.15) is 20.8 Å². The first-order valence-corrected chi connectivity index (χ1v) is 3.94. The molecule has 1 atom stereocenters. The molecule has 0 rings (SSSR count). The van der Waals surface area contributed by atoms with Crippen molar-refractivity contribution in [2.24, 2.45) is 11.8 Å². The molecule has 2 N–H and O–H groups in total. The van der Waals surface area contributed by atoms with Crippen LogP contribution in [0.4, 0.5) is 0 Å². The standard InChI is InChI=1S/C8H15NO3/c1-5(2)6(3)8(12)9-4-7(10)11/h5-6H,4H2,1-3H3,(H,9,12)(H,10,11)/t6-/m1/s1. The monoisotopic (exact) mass is 173 g/mol. The second-order valence-corrected chi connectivity index (χ2v) is 3.14. The van der Waals surface area contributed by atoms with Gasteiger partial charge >= 0.3 is 5.97 Å². The van der Waals surface area contributed by atoms with E-state index in [4.69, 9.17) is 5.11 Å². The summed E-state index contributed by atoms with van der Waals surface area (Å²) >= 11 is 0. The Labute approximate surface area is 72.0 Å². The fourth-order valence-corrected chi connectivity index (χ4v) is 0.626. The van der Waals surface area contributed by atoms with Crippen LogP contribution in [0, 0.1) is 11.8 Å². The highest BCUT2D eigenvalue weighted by molar-refractivity contribution is 5.82. The van der Waals surface area contributed by atoms with Crippen molar-refractivity contribution in [3.63, 3.8) is 0 Å². The van der Waals surface area contributed by atoms with E-state index in [1.165, 1.54) is 0 Å². The molecule has 0 spiro atoms. The number of rotatable bonds is 4. The molecule has 0 radical (unpaired) electrons. The van der Waals surface area contributed by atoms with Crippen LogP contribution in [0.3, 0.4) is 0 Å². The fourth-order valence-electron chi connectivity index (χ4n) is 0.626. The van der Waals surface area contributed by atoms with Gasteiger partial charge in [0.15, 0.2) is 0 Å². The Balaban J connectivity index is 3.80. The molecule has 0 saturated heterocycles. The summed E-state index contributed by atoms with van der Waals surface area (Å²) in [6.45, 7) is 5.33. The van der Waals surface area contributed by atoms with Gasteiger partial charge in [0, 0.05) is 5.92 Å². The lowest BCUT2D eigenvalue weighted by molar-refractivity contribution is -0.138. The number of carboxylic acids is 1. The Bertz CT molecular complexity index is 177. The van der Waals surface area contributed by atoms with E-state index in [1.54, 1.807) is 6.92 Å². The summed E-state index contributed by atoms with van der Waals surface area (Å²) in [5.41, 5.74) is 0. The highest BCUT2D eigenvalue weighted by atomic mass is 16.4. The average molecular weight is 173 g/mol. The van der Waals surface area contributed by atoms with Crippen LogP contribution < -0.4 is 5.32 Å². The van der Waals surface area contributed by atoms with Crippen molar-refractivity contribution in [2.45, 2.75) is 20.8 Å². The van der Waals surface area contributed by atoms with Crippen molar-refractivity contribution in [2.75, 3.05) is 6.54 Å². The highest BCUT2D eigenvalue weighted by Crippen LogP contribution is 2.08. The van der Waals surface area contributed by atoms with Gasteiger partial charge in [0.05, 0.1) is 0 Å². The van der Waals surface area contributed by atoms with E-state index < -0.39 is 5.97 Å². The molecule has 0 bridgehead atoms. The molecule has 4 nitrogen and oxygen atoms in total. The van der Waals surface area contributed by atoms with Gasteiger partial charge in [0.1, 0.15) is 6.54 Å². The van der Waals surface area contributed by atoms with E-state index in [9.17, 15) is 9.59 Å². The maximum atomic E-state index is 11.1. The quantitative estimate of drug-likeness (QED) is 0.649. The molecular weight excluding hydrogens is 158 g/mol. The maximum absolute atomic E-state index is 11.1. The van der Waals surface area contributed by atoms with Crippen LogP contribution in [0.5, 0.6) is 0 Å². The second-order valence-electron chi connectivity index (χ2n) is 3.14. The molecule has 0 aromatic carbocycles. The number of aliphatic carboxylic acids is 1. The number of hydrogen-bond donors (Lipinski definition) is 2. The molecule has 12 heavy (non-hydrogen) atoms. The van der Waals surface area contributed by atoms with E-state index in [0.717, 1.165) is 0 Å². The van der Waals surface area contributed by atoms with E-state index in [0.29, 0.717) is 0 Å². The normalized spacial score (nSPS) is 12.7. The van der Waals surface area contributed by atoms with Gasteiger partial charge in [-0.15, -0.1) is 0 Å². The van der Waals surface area contributed by atoms with Crippen molar-refractivity contribution in [3.8, 4) is 0 Å². The number of hydrogen-bond acceptors (Lipinski definition) is 2. The zero-order valence-electron chi connectivity index (χ0n) is 7.63. The minimum Gasteiger partial charge on any atom is -0.480 e. The molecule has 0 aromatic rings. The average Bonchev–Trinajstić information content (AvgIpc) is 1.98. The first kappa shape index (κ1) is 10.9. The SMILES string of the molecule is CC(C)[C@@H](C)C(=O)NCC(=O)O. The number of carbonyl (C=O) groups excluding carboxylic acids is 1. The molecule has 0 saturated carbocycles. The molecular formula is C8H15NO3. The summed E-state index contributed by atoms with van der Waals surface area (Å²) in [7, 11) is 0. The molecule has 0 aliphatic carbocycles. The zero-order valence-corrected chi connectivity index (χ0v) is 7.63. The molecule has 0 fully saturated rings. The van der Waals surface area contributed by atoms with Gasteiger partial charge < -0.3 is 10.4 Å². The molecule has 0 aliphatic heterocycles. The lowest BCUT2D eigenvalue weighted by Crippen LogP contribution is -2.35. The molecule has 0 unspecified atom stereocenters. The third-order valence-electron chi connectivity index (χ3n) is 1.83. The zero-order chi connectivity index (χ0) is 9.72. The molecule has 0 heterocycles. The number of carboxylic acid groups (broad SMARTS) is 1. The van der Waals surface area contributed by atoms with Crippen molar-refractivity contribution in [1.82, 2.24) is 5.32 Å². The molecule has 4 heteroatoms. The van der Waals surface area contributed by atoms with Crippen molar-refractivity contribution >= 4 is 11.9 Å². The summed E-state index contributed by atoms with van der Waals surface area (Å²) in [6, 6.07) is 0. The fraction of sp³-hybridized carbons (Fsp3) is 0.750. The number of amides is 1.